The molecule has 1 aliphatic rings. The molecule has 0 bridgehead atoms. The zero-order chi connectivity index (χ0) is 15.7. The predicted octanol–water partition coefficient (Wildman–Crippen LogP) is 4.09. The highest BCUT2D eigenvalue weighted by Crippen LogP contribution is 2.34. The van der Waals surface area contributed by atoms with Crippen LogP contribution < -0.4 is 10.6 Å². The quantitative estimate of drug-likeness (QED) is 0.901. The topological polar surface area (TPSA) is 29.3 Å². The van der Waals surface area contributed by atoms with Crippen molar-refractivity contribution < 1.29 is 13.2 Å². The van der Waals surface area contributed by atoms with Gasteiger partial charge >= 0.3 is 6.18 Å². The predicted molar refractivity (Wildman–Crippen MR) is 83.3 cm³/mol. The van der Waals surface area contributed by atoms with Crippen molar-refractivity contribution >= 4 is 17.0 Å². The van der Waals surface area contributed by atoms with E-state index in [4.69, 9.17) is 5.73 Å². The lowest BCUT2D eigenvalue weighted by Crippen LogP contribution is -2.46. The van der Waals surface area contributed by atoms with Crippen molar-refractivity contribution in [2.24, 2.45) is 5.73 Å². The summed E-state index contributed by atoms with van der Waals surface area (Å²) in [5.41, 5.74) is 6.32. The van der Waals surface area contributed by atoms with Gasteiger partial charge in [0.05, 0.1) is 5.56 Å². The van der Waals surface area contributed by atoms with Crippen molar-refractivity contribution in [1.29, 1.82) is 0 Å². The second-order valence-electron chi connectivity index (χ2n) is 5.66. The molecule has 3 rings (SSSR count). The van der Waals surface area contributed by atoms with Crippen molar-refractivity contribution in [2.75, 3.05) is 18.0 Å². The number of alkyl halides is 3. The van der Waals surface area contributed by atoms with E-state index < -0.39 is 11.7 Å². The van der Waals surface area contributed by atoms with Crippen LogP contribution >= 0.6 is 11.3 Å². The second-order valence-corrected chi connectivity index (χ2v) is 6.64. The van der Waals surface area contributed by atoms with Crippen LogP contribution in [0.1, 0.15) is 22.8 Å². The first-order chi connectivity index (χ1) is 10.4. The molecular formula is C16H17F3N2S. The third-order valence-corrected chi connectivity index (χ3v) is 5.02. The molecule has 2 atom stereocenters. The van der Waals surface area contributed by atoms with Crippen LogP contribution in [0.3, 0.4) is 0 Å². The Bertz CT molecular complexity index is 607. The maximum Gasteiger partial charge on any atom is 0.416 e. The fourth-order valence-corrected chi connectivity index (χ4v) is 3.77. The SMILES string of the molecule is NC1CC(c2cccs2)CN(c2ccc(C(F)(F)F)cc2)C1. The van der Waals surface area contributed by atoms with Gasteiger partial charge < -0.3 is 10.6 Å². The summed E-state index contributed by atoms with van der Waals surface area (Å²) in [6, 6.07) is 9.48. The average molecular weight is 326 g/mol. The van der Waals surface area contributed by atoms with Crippen LogP contribution in [-0.4, -0.2) is 19.1 Å². The molecule has 1 fully saturated rings. The number of hydrogen-bond donors (Lipinski definition) is 1. The number of halogens is 3. The lowest BCUT2D eigenvalue weighted by atomic mass is 9.93. The molecule has 2 heterocycles. The Kier molecular flexibility index (Phi) is 4.14. The van der Waals surface area contributed by atoms with E-state index in [0.717, 1.165) is 30.8 Å². The first-order valence-electron chi connectivity index (χ1n) is 7.14. The van der Waals surface area contributed by atoms with Gasteiger partial charge in [0.2, 0.25) is 0 Å². The summed E-state index contributed by atoms with van der Waals surface area (Å²) in [6.45, 7) is 1.47. The number of piperidine rings is 1. The van der Waals surface area contributed by atoms with Crippen molar-refractivity contribution in [3.8, 4) is 0 Å². The normalized spacial score (nSPS) is 22.8. The van der Waals surface area contributed by atoms with E-state index >= 15 is 0 Å². The van der Waals surface area contributed by atoms with Crippen LogP contribution in [0, 0.1) is 0 Å². The Morgan fingerprint density at radius 2 is 1.82 bits per heavy atom. The summed E-state index contributed by atoms with van der Waals surface area (Å²) >= 11 is 1.70. The van der Waals surface area contributed by atoms with E-state index in [9.17, 15) is 13.2 Å². The fourth-order valence-electron chi connectivity index (χ4n) is 2.94. The first kappa shape index (κ1) is 15.4. The van der Waals surface area contributed by atoms with Gasteiger partial charge in [0.15, 0.2) is 0 Å². The van der Waals surface area contributed by atoms with Gasteiger partial charge in [-0.1, -0.05) is 6.07 Å². The van der Waals surface area contributed by atoms with Gasteiger partial charge in [-0.05, 0) is 42.1 Å². The van der Waals surface area contributed by atoms with Crippen molar-refractivity contribution in [3.05, 3.63) is 52.2 Å². The van der Waals surface area contributed by atoms with Gasteiger partial charge in [0.1, 0.15) is 0 Å². The summed E-state index contributed by atoms with van der Waals surface area (Å²) in [7, 11) is 0. The Labute approximate surface area is 131 Å². The van der Waals surface area contributed by atoms with Gasteiger partial charge in [0, 0.05) is 35.6 Å². The molecule has 6 heteroatoms. The fraction of sp³-hybridized carbons (Fsp3) is 0.375. The maximum absolute atomic E-state index is 12.6. The summed E-state index contributed by atoms with van der Waals surface area (Å²) in [4.78, 5) is 3.37. The molecule has 1 saturated heterocycles. The molecule has 1 aliphatic heterocycles. The van der Waals surface area contributed by atoms with E-state index in [0.29, 0.717) is 12.5 Å². The van der Waals surface area contributed by atoms with E-state index in [1.165, 1.54) is 17.0 Å². The molecular weight excluding hydrogens is 309 g/mol. The molecule has 2 unspecified atom stereocenters. The smallest absolute Gasteiger partial charge is 0.369 e. The molecule has 2 nitrogen and oxygen atoms in total. The number of anilines is 1. The van der Waals surface area contributed by atoms with Crippen LogP contribution in [0.15, 0.2) is 41.8 Å². The molecule has 1 aromatic heterocycles. The van der Waals surface area contributed by atoms with Crippen LogP contribution in [0.2, 0.25) is 0 Å². The highest BCUT2D eigenvalue weighted by molar-refractivity contribution is 7.10. The van der Waals surface area contributed by atoms with Crippen LogP contribution in [0.5, 0.6) is 0 Å². The Balaban J connectivity index is 1.79. The molecule has 118 valence electrons. The minimum atomic E-state index is -4.30. The van der Waals surface area contributed by atoms with Crippen molar-refractivity contribution in [3.63, 3.8) is 0 Å². The lowest BCUT2D eigenvalue weighted by molar-refractivity contribution is -0.137. The first-order valence-corrected chi connectivity index (χ1v) is 8.02. The summed E-state index contributed by atoms with van der Waals surface area (Å²) in [6.07, 6.45) is -3.38. The minimum Gasteiger partial charge on any atom is -0.369 e. The van der Waals surface area contributed by atoms with E-state index in [-0.39, 0.29) is 6.04 Å². The third-order valence-electron chi connectivity index (χ3n) is 3.99. The molecule has 22 heavy (non-hydrogen) atoms. The van der Waals surface area contributed by atoms with Crippen LogP contribution in [0.25, 0.3) is 0 Å². The highest BCUT2D eigenvalue weighted by Gasteiger charge is 2.31. The Morgan fingerprint density at radius 3 is 2.41 bits per heavy atom. The third kappa shape index (κ3) is 3.28. The maximum atomic E-state index is 12.6. The monoisotopic (exact) mass is 326 g/mol. The summed E-state index contributed by atoms with van der Waals surface area (Å²) in [5, 5.41) is 2.04. The summed E-state index contributed by atoms with van der Waals surface area (Å²) < 4.78 is 37.9. The molecule has 0 spiro atoms. The number of benzene rings is 1. The second kappa shape index (κ2) is 5.93. The molecule has 0 radical (unpaired) electrons. The van der Waals surface area contributed by atoms with Gasteiger partial charge in [0.25, 0.3) is 0 Å². The molecule has 0 aliphatic carbocycles. The Hall–Kier alpha value is -1.53. The number of hydrogen-bond acceptors (Lipinski definition) is 3. The Morgan fingerprint density at radius 1 is 1.09 bits per heavy atom. The molecule has 0 saturated carbocycles. The zero-order valence-electron chi connectivity index (χ0n) is 11.9. The van der Waals surface area contributed by atoms with Crippen molar-refractivity contribution in [1.82, 2.24) is 0 Å². The zero-order valence-corrected chi connectivity index (χ0v) is 12.7. The average Bonchev–Trinajstić information content (AvgIpc) is 3.00. The van der Waals surface area contributed by atoms with E-state index in [2.05, 4.69) is 11.0 Å². The van der Waals surface area contributed by atoms with Crippen LogP contribution in [-0.2, 0) is 6.18 Å². The standard InChI is InChI=1S/C16H17F3N2S/c17-16(18,19)12-3-5-14(6-4-12)21-9-11(8-13(20)10-21)15-2-1-7-22-15/h1-7,11,13H,8-10,20H2. The largest absolute Gasteiger partial charge is 0.416 e. The molecule has 2 aromatic rings. The molecule has 0 amide bonds. The number of thiophene rings is 1. The van der Waals surface area contributed by atoms with E-state index in [1.807, 2.05) is 11.4 Å². The minimum absolute atomic E-state index is 0.0307. The van der Waals surface area contributed by atoms with E-state index in [1.54, 1.807) is 11.3 Å². The lowest BCUT2D eigenvalue weighted by Gasteiger charge is -2.37. The van der Waals surface area contributed by atoms with Crippen LogP contribution in [0.4, 0.5) is 18.9 Å². The summed E-state index contributed by atoms with van der Waals surface area (Å²) in [5.74, 6) is 0.339. The van der Waals surface area contributed by atoms with Gasteiger partial charge in [-0.15, -0.1) is 11.3 Å². The number of nitrogens with two attached hydrogens (primary N) is 1. The van der Waals surface area contributed by atoms with Crippen molar-refractivity contribution in [2.45, 2.75) is 24.6 Å². The number of rotatable bonds is 2. The van der Waals surface area contributed by atoms with Gasteiger partial charge in [-0.3, -0.25) is 0 Å². The number of nitrogens with zero attached hydrogens (tertiary/aromatic N) is 1. The molecule has 2 N–H and O–H groups in total. The van der Waals surface area contributed by atoms with Gasteiger partial charge in [-0.2, -0.15) is 13.2 Å². The highest BCUT2D eigenvalue weighted by atomic mass is 32.1. The molecule has 1 aromatic carbocycles. The van der Waals surface area contributed by atoms with Gasteiger partial charge in [-0.25, -0.2) is 0 Å².